The molecule has 0 bridgehead atoms. The second kappa shape index (κ2) is 5.74. The van der Waals surface area contributed by atoms with E-state index in [4.69, 9.17) is 4.98 Å². The standard InChI is InChI=1S/C20H16N4/c1-14(15-6-4-3-5-7-15)16-8-9-18-19(10-16)23-20(12-21-18)17-11-22-24(2)13-17/h3-13H,1H2,2H3. The summed E-state index contributed by atoms with van der Waals surface area (Å²) >= 11 is 0. The number of hydrogen-bond donors (Lipinski definition) is 0. The summed E-state index contributed by atoms with van der Waals surface area (Å²) in [5, 5.41) is 4.19. The molecule has 0 saturated carbocycles. The Hall–Kier alpha value is -3.27. The summed E-state index contributed by atoms with van der Waals surface area (Å²) < 4.78 is 1.76. The van der Waals surface area contributed by atoms with Crippen molar-refractivity contribution in [2.45, 2.75) is 0 Å². The van der Waals surface area contributed by atoms with Crippen molar-refractivity contribution in [3.05, 3.63) is 84.8 Å². The summed E-state index contributed by atoms with van der Waals surface area (Å²) in [4.78, 5) is 9.25. The van der Waals surface area contributed by atoms with Gasteiger partial charge in [0.1, 0.15) is 0 Å². The summed E-state index contributed by atoms with van der Waals surface area (Å²) in [7, 11) is 1.89. The maximum Gasteiger partial charge on any atom is 0.0924 e. The van der Waals surface area contributed by atoms with E-state index in [2.05, 4.69) is 28.8 Å². The summed E-state index contributed by atoms with van der Waals surface area (Å²) in [6.45, 7) is 4.22. The fourth-order valence-corrected chi connectivity index (χ4v) is 2.70. The minimum absolute atomic E-state index is 0.818. The molecule has 0 amide bonds. The first-order chi connectivity index (χ1) is 11.7. The first kappa shape index (κ1) is 14.3. The zero-order valence-electron chi connectivity index (χ0n) is 13.3. The lowest BCUT2D eigenvalue weighted by molar-refractivity contribution is 0.768. The van der Waals surface area contributed by atoms with Crippen molar-refractivity contribution in [2.24, 2.45) is 7.05 Å². The lowest BCUT2D eigenvalue weighted by Crippen LogP contribution is -1.91. The average molecular weight is 312 g/mol. The van der Waals surface area contributed by atoms with E-state index in [-0.39, 0.29) is 0 Å². The van der Waals surface area contributed by atoms with Gasteiger partial charge in [0.05, 0.1) is 29.1 Å². The second-order valence-corrected chi connectivity index (χ2v) is 5.71. The molecule has 0 radical (unpaired) electrons. The minimum Gasteiger partial charge on any atom is -0.275 e. The molecule has 0 fully saturated rings. The number of hydrogen-bond acceptors (Lipinski definition) is 3. The number of benzene rings is 2. The van der Waals surface area contributed by atoms with E-state index in [1.807, 2.05) is 49.6 Å². The van der Waals surface area contributed by atoms with Crippen molar-refractivity contribution in [3.8, 4) is 11.3 Å². The summed E-state index contributed by atoms with van der Waals surface area (Å²) in [6.07, 6.45) is 5.51. The van der Waals surface area contributed by atoms with Crippen LogP contribution in [-0.4, -0.2) is 19.7 Å². The third-order valence-corrected chi connectivity index (χ3v) is 4.01. The Balaban J connectivity index is 1.78. The van der Waals surface area contributed by atoms with Crippen molar-refractivity contribution in [3.63, 3.8) is 0 Å². The predicted molar refractivity (Wildman–Crippen MR) is 96.3 cm³/mol. The number of fused-ring (bicyclic) bond motifs is 1. The molecule has 4 nitrogen and oxygen atoms in total. The highest BCUT2D eigenvalue weighted by molar-refractivity contribution is 5.85. The van der Waals surface area contributed by atoms with Crippen molar-refractivity contribution < 1.29 is 0 Å². The van der Waals surface area contributed by atoms with Crippen LogP contribution in [0.5, 0.6) is 0 Å². The highest BCUT2D eigenvalue weighted by Crippen LogP contribution is 2.25. The molecule has 24 heavy (non-hydrogen) atoms. The van der Waals surface area contributed by atoms with Crippen molar-refractivity contribution in [1.82, 2.24) is 19.7 Å². The normalized spacial score (nSPS) is 10.9. The summed E-state index contributed by atoms with van der Waals surface area (Å²) in [6, 6.07) is 16.2. The lowest BCUT2D eigenvalue weighted by atomic mass is 9.99. The fraction of sp³-hybridized carbons (Fsp3) is 0.0500. The topological polar surface area (TPSA) is 43.6 Å². The molecule has 4 aromatic rings. The zero-order valence-corrected chi connectivity index (χ0v) is 13.3. The molecule has 0 aliphatic heterocycles. The van der Waals surface area contributed by atoms with E-state index in [1.54, 1.807) is 17.1 Å². The van der Waals surface area contributed by atoms with Gasteiger partial charge in [-0.1, -0.05) is 43.0 Å². The maximum atomic E-state index is 4.74. The van der Waals surface area contributed by atoms with Gasteiger partial charge in [0.2, 0.25) is 0 Å². The Labute approximate surface area is 140 Å². The Bertz CT molecular complexity index is 1030. The number of nitrogens with zero attached hydrogens (tertiary/aromatic N) is 4. The molecule has 0 spiro atoms. The Kier molecular flexibility index (Phi) is 3.43. The molecule has 4 rings (SSSR count). The maximum absolute atomic E-state index is 4.74. The molecule has 116 valence electrons. The molecule has 0 N–H and O–H groups in total. The molecular weight excluding hydrogens is 296 g/mol. The Morgan fingerprint density at radius 2 is 1.79 bits per heavy atom. The van der Waals surface area contributed by atoms with E-state index >= 15 is 0 Å². The molecule has 0 unspecified atom stereocenters. The van der Waals surface area contributed by atoms with Gasteiger partial charge in [-0.25, -0.2) is 4.98 Å². The molecule has 0 saturated heterocycles. The highest BCUT2D eigenvalue weighted by atomic mass is 15.2. The summed E-state index contributed by atoms with van der Waals surface area (Å²) in [5.74, 6) is 0. The quantitative estimate of drug-likeness (QED) is 0.572. The van der Waals surface area contributed by atoms with Crippen LogP contribution < -0.4 is 0 Å². The Morgan fingerprint density at radius 1 is 0.958 bits per heavy atom. The first-order valence-corrected chi connectivity index (χ1v) is 7.71. The zero-order chi connectivity index (χ0) is 16.5. The molecule has 2 aromatic heterocycles. The van der Waals surface area contributed by atoms with Crippen LogP contribution in [0.25, 0.3) is 27.9 Å². The molecule has 0 atom stereocenters. The van der Waals surface area contributed by atoms with E-state index in [9.17, 15) is 0 Å². The largest absolute Gasteiger partial charge is 0.275 e. The molecule has 0 aliphatic carbocycles. The third kappa shape index (κ3) is 2.58. The molecular formula is C20H16N4. The fourth-order valence-electron chi connectivity index (χ4n) is 2.70. The minimum atomic E-state index is 0.818. The number of aryl methyl sites for hydroxylation is 1. The monoisotopic (exact) mass is 312 g/mol. The van der Waals surface area contributed by atoms with Crippen LogP contribution in [0, 0.1) is 0 Å². The van der Waals surface area contributed by atoms with Crippen LogP contribution in [0.2, 0.25) is 0 Å². The smallest absolute Gasteiger partial charge is 0.0924 e. The van der Waals surface area contributed by atoms with Crippen molar-refractivity contribution in [2.75, 3.05) is 0 Å². The third-order valence-electron chi connectivity index (χ3n) is 4.01. The van der Waals surface area contributed by atoms with Crippen LogP contribution in [0.4, 0.5) is 0 Å². The molecule has 2 aromatic carbocycles. The van der Waals surface area contributed by atoms with Gasteiger partial charge in [0.15, 0.2) is 0 Å². The van der Waals surface area contributed by atoms with E-state index < -0.39 is 0 Å². The predicted octanol–water partition coefficient (Wildman–Crippen LogP) is 4.09. The van der Waals surface area contributed by atoms with E-state index in [0.717, 1.165) is 39.0 Å². The van der Waals surface area contributed by atoms with Gasteiger partial charge in [-0.2, -0.15) is 5.10 Å². The van der Waals surface area contributed by atoms with Gasteiger partial charge in [-0.3, -0.25) is 9.67 Å². The Morgan fingerprint density at radius 3 is 2.54 bits per heavy atom. The SMILES string of the molecule is C=C(c1ccccc1)c1ccc2ncc(-c3cnn(C)c3)nc2c1. The van der Waals surface area contributed by atoms with Gasteiger partial charge >= 0.3 is 0 Å². The highest BCUT2D eigenvalue weighted by Gasteiger charge is 2.07. The number of rotatable bonds is 3. The van der Waals surface area contributed by atoms with Gasteiger partial charge in [-0.05, 0) is 28.8 Å². The van der Waals surface area contributed by atoms with Crippen molar-refractivity contribution in [1.29, 1.82) is 0 Å². The number of aromatic nitrogens is 4. The first-order valence-electron chi connectivity index (χ1n) is 7.71. The molecule has 4 heteroatoms. The summed E-state index contributed by atoms with van der Waals surface area (Å²) in [5.41, 5.74) is 6.63. The van der Waals surface area contributed by atoms with Crippen molar-refractivity contribution >= 4 is 16.6 Å². The van der Waals surface area contributed by atoms with Crippen LogP contribution in [0.3, 0.4) is 0 Å². The van der Waals surface area contributed by atoms with Gasteiger partial charge < -0.3 is 0 Å². The van der Waals surface area contributed by atoms with E-state index in [0.29, 0.717) is 0 Å². The molecule has 0 aliphatic rings. The van der Waals surface area contributed by atoms with E-state index in [1.165, 1.54) is 0 Å². The van der Waals surface area contributed by atoms with Crippen LogP contribution >= 0.6 is 0 Å². The van der Waals surface area contributed by atoms with Gasteiger partial charge in [-0.15, -0.1) is 0 Å². The van der Waals surface area contributed by atoms with Crippen LogP contribution in [-0.2, 0) is 7.05 Å². The lowest BCUT2D eigenvalue weighted by Gasteiger charge is -2.08. The average Bonchev–Trinajstić information content (AvgIpc) is 3.07. The van der Waals surface area contributed by atoms with Gasteiger partial charge in [0.25, 0.3) is 0 Å². The second-order valence-electron chi connectivity index (χ2n) is 5.71. The van der Waals surface area contributed by atoms with Crippen LogP contribution in [0.15, 0.2) is 73.7 Å². The molecule has 2 heterocycles. The van der Waals surface area contributed by atoms with Gasteiger partial charge in [0, 0.05) is 18.8 Å². The van der Waals surface area contributed by atoms with Crippen LogP contribution in [0.1, 0.15) is 11.1 Å².